The average Bonchev–Trinajstić information content (AvgIpc) is 2.38. The Bertz CT molecular complexity index is 507. The lowest BCUT2D eigenvalue weighted by atomic mass is 10.1. The summed E-state index contributed by atoms with van der Waals surface area (Å²) in [6, 6.07) is 1.96. The standard InChI is InChI=1S/C13H17N5/c1-9(2)12-4-13(18-8-17-12)16-7-11-6-14-10(3)5-15-11/h4-6,8-9H,7H2,1-3H3,(H,16,17,18). The normalized spacial score (nSPS) is 10.7. The van der Waals surface area contributed by atoms with Crippen molar-refractivity contribution >= 4 is 5.82 Å². The van der Waals surface area contributed by atoms with Crippen LogP contribution >= 0.6 is 0 Å². The molecule has 18 heavy (non-hydrogen) atoms. The maximum absolute atomic E-state index is 4.28. The molecule has 0 aliphatic heterocycles. The van der Waals surface area contributed by atoms with Gasteiger partial charge in [0.25, 0.3) is 0 Å². The minimum absolute atomic E-state index is 0.396. The fourth-order valence-electron chi connectivity index (χ4n) is 1.48. The number of nitrogens with one attached hydrogen (secondary N) is 1. The van der Waals surface area contributed by atoms with E-state index < -0.39 is 0 Å². The first-order valence-electron chi connectivity index (χ1n) is 5.98. The van der Waals surface area contributed by atoms with E-state index in [1.165, 1.54) is 0 Å². The summed E-state index contributed by atoms with van der Waals surface area (Å²) in [5.74, 6) is 1.21. The minimum atomic E-state index is 0.396. The van der Waals surface area contributed by atoms with Crippen molar-refractivity contribution in [1.82, 2.24) is 19.9 Å². The lowest BCUT2D eigenvalue weighted by Crippen LogP contribution is -2.05. The van der Waals surface area contributed by atoms with Crippen molar-refractivity contribution in [2.45, 2.75) is 33.2 Å². The van der Waals surface area contributed by atoms with Gasteiger partial charge in [0.05, 0.1) is 24.1 Å². The highest BCUT2D eigenvalue weighted by Crippen LogP contribution is 2.13. The van der Waals surface area contributed by atoms with E-state index in [2.05, 4.69) is 39.1 Å². The number of aromatic nitrogens is 4. The van der Waals surface area contributed by atoms with Crippen LogP contribution in [0.1, 0.15) is 36.8 Å². The monoisotopic (exact) mass is 243 g/mol. The van der Waals surface area contributed by atoms with Gasteiger partial charge in [0.2, 0.25) is 0 Å². The summed E-state index contributed by atoms with van der Waals surface area (Å²) in [5.41, 5.74) is 2.84. The number of nitrogens with zero attached hydrogens (tertiary/aromatic N) is 4. The summed E-state index contributed by atoms with van der Waals surface area (Å²) < 4.78 is 0. The topological polar surface area (TPSA) is 63.6 Å². The molecular weight excluding hydrogens is 226 g/mol. The summed E-state index contributed by atoms with van der Waals surface area (Å²) >= 11 is 0. The van der Waals surface area contributed by atoms with Gasteiger partial charge in [0.1, 0.15) is 12.1 Å². The van der Waals surface area contributed by atoms with Crippen LogP contribution in [0.4, 0.5) is 5.82 Å². The van der Waals surface area contributed by atoms with E-state index in [-0.39, 0.29) is 0 Å². The Kier molecular flexibility index (Phi) is 3.82. The van der Waals surface area contributed by atoms with Crippen LogP contribution in [0.15, 0.2) is 24.8 Å². The molecule has 5 nitrogen and oxygen atoms in total. The number of aryl methyl sites for hydroxylation is 1. The van der Waals surface area contributed by atoms with Gasteiger partial charge in [0.15, 0.2) is 0 Å². The molecule has 2 aromatic heterocycles. The van der Waals surface area contributed by atoms with Gasteiger partial charge in [-0.1, -0.05) is 13.8 Å². The van der Waals surface area contributed by atoms with Gasteiger partial charge in [-0.2, -0.15) is 0 Å². The molecule has 0 saturated heterocycles. The second kappa shape index (κ2) is 5.53. The zero-order valence-electron chi connectivity index (χ0n) is 10.9. The molecule has 2 aromatic rings. The summed E-state index contributed by atoms with van der Waals surface area (Å²) in [6.45, 7) is 6.75. The van der Waals surface area contributed by atoms with Crippen molar-refractivity contribution in [3.05, 3.63) is 41.9 Å². The molecule has 0 amide bonds. The molecule has 0 radical (unpaired) electrons. The summed E-state index contributed by atoms with van der Waals surface area (Å²) in [4.78, 5) is 16.9. The van der Waals surface area contributed by atoms with Crippen LogP contribution in [0.2, 0.25) is 0 Å². The zero-order chi connectivity index (χ0) is 13.0. The van der Waals surface area contributed by atoms with E-state index in [0.717, 1.165) is 22.9 Å². The van der Waals surface area contributed by atoms with Crippen molar-refractivity contribution in [2.75, 3.05) is 5.32 Å². The lowest BCUT2D eigenvalue weighted by Gasteiger charge is -2.08. The first-order chi connectivity index (χ1) is 8.65. The van der Waals surface area contributed by atoms with Gasteiger partial charge in [-0.15, -0.1) is 0 Å². The van der Waals surface area contributed by atoms with E-state index >= 15 is 0 Å². The molecule has 2 heterocycles. The van der Waals surface area contributed by atoms with Gasteiger partial charge in [0, 0.05) is 18.0 Å². The quantitative estimate of drug-likeness (QED) is 0.892. The number of hydrogen-bond acceptors (Lipinski definition) is 5. The Morgan fingerprint density at radius 1 is 1.11 bits per heavy atom. The van der Waals surface area contributed by atoms with Gasteiger partial charge >= 0.3 is 0 Å². The maximum Gasteiger partial charge on any atom is 0.129 e. The first-order valence-corrected chi connectivity index (χ1v) is 5.98. The number of rotatable bonds is 4. The fourth-order valence-corrected chi connectivity index (χ4v) is 1.48. The lowest BCUT2D eigenvalue weighted by molar-refractivity contribution is 0.813. The molecule has 0 bridgehead atoms. The molecule has 0 atom stereocenters. The molecule has 0 fully saturated rings. The fraction of sp³-hybridized carbons (Fsp3) is 0.385. The largest absolute Gasteiger partial charge is 0.364 e. The highest BCUT2D eigenvalue weighted by Gasteiger charge is 2.03. The Morgan fingerprint density at radius 3 is 2.61 bits per heavy atom. The highest BCUT2D eigenvalue weighted by molar-refractivity contribution is 5.35. The smallest absolute Gasteiger partial charge is 0.129 e. The zero-order valence-corrected chi connectivity index (χ0v) is 10.9. The third-order valence-corrected chi connectivity index (χ3v) is 2.56. The summed E-state index contributed by atoms with van der Waals surface area (Å²) in [6.07, 6.45) is 5.11. The van der Waals surface area contributed by atoms with Gasteiger partial charge in [-0.25, -0.2) is 9.97 Å². The molecule has 0 spiro atoms. The van der Waals surface area contributed by atoms with Crippen LogP contribution in [0.25, 0.3) is 0 Å². The summed E-state index contributed by atoms with van der Waals surface area (Å²) in [5, 5.41) is 3.22. The maximum atomic E-state index is 4.28. The molecule has 2 rings (SSSR count). The van der Waals surface area contributed by atoms with Crippen molar-refractivity contribution < 1.29 is 0 Å². The van der Waals surface area contributed by atoms with E-state index in [4.69, 9.17) is 0 Å². The predicted octanol–water partition coefficient (Wildman–Crippen LogP) is 2.31. The molecule has 94 valence electrons. The van der Waals surface area contributed by atoms with E-state index in [9.17, 15) is 0 Å². The van der Waals surface area contributed by atoms with Gasteiger partial charge in [-0.05, 0) is 12.8 Å². The SMILES string of the molecule is Cc1cnc(CNc2cc(C(C)C)ncn2)cn1. The molecular formula is C13H17N5. The van der Waals surface area contributed by atoms with Crippen molar-refractivity contribution in [2.24, 2.45) is 0 Å². The Morgan fingerprint density at radius 2 is 1.94 bits per heavy atom. The molecule has 0 aliphatic carbocycles. The predicted molar refractivity (Wildman–Crippen MR) is 70.2 cm³/mol. The van der Waals surface area contributed by atoms with Crippen molar-refractivity contribution in [3.63, 3.8) is 0 Å². The first kappa shape index (κ1) is 12.4. The van der Waals surface area contributed by atoms with E-state index in [1.807, 2.05) is 13.0 Å². The second-order valence-electron chi connectivity index (χ2n) is 4.49. The summed E-state index contributed by atoms with van der Waals surface area (Å²) in [7, 11) is 0. The highest BCUT2D eigenvalue weighted by atomic mass is 15.0. The van der Waals surface area contributed by atoms with Crippen LogP contribution in [-0.2, 0) is 6.54 Å². The van der Waals surface area contributed by atoms with Crippen molar-refractivity contribution in [1.29, 1.82) is 0 Å². The number of anilines is 1. The van der Waals surface area contributed by atoms with Gasteiger partial charge < -0.3 is 5.32 Å². The van der Waals surface area contributed by atoms with Crippen LogP contribution in [0, 0.1) is 6.92 Å². The molecule has 0 aromatic carbocycles. The third kappa shape index (κ3) is 3.23. The minimum Gasteiger partial charge on any atom is -0.364 e. The molecule has 5 heteroatoms. The Labute approximate surface area is 107 Å². The molecule has 1 N–H and O–H groups in total. The molecule has 0 unspecified atom stereocenters. The number of hydrogen-bond donors (Lipinski definition) is 1. The van der Waals surface area contributed by atoms with Crippen LogP contribution in [0.3, 0.4) is 0 Å². The van der Waals surface area contributed by atoms with Crippen molar-refractivity contribution in [3.8, 4) is 0 Å². The van der Waals surface area contributed by atoms with Crippen LogP contribution < -0.4 is 5.32 Å². The van der Waals surface area contributed by atoms with E-state index in [1.54, 1.807) is 18.7 Å². The third-order valence-electron chi connectivity index (χ3n) is 2.56. The average molecular weight is 243 g/mol. The molecule has 0 aliphatic rings. The second-order valence-corrected chi connectivity index (χ2v) is 4.49. The van der Waals surface area contributed by atoms with Crippen LogP contribution in [-0.4, -0.2) is 19.9 Å². The van der Waals surface area contributed by atoms with Crippen LogP contribution in [0.5, 0.6) is 0 Å². The Balaban J connectivity index is 2.01. The van der Waals surface area contributed by atoms with E-state index in [0.29, 0.717) is 12.5 Å². The van der Waals surface area contributed by atoms with Gasteiger partial charge in [-0.3, -0.25) is 9.97 Å². The Hall–Kier alpha value is -2.04. The molecule has 0 saturated carbocycles.